The van der Waals surface area contributed by atoms with Gasteiger partial charge in [-0.05, 0) is 12.1 Å². The van der Waals surface area contributed by atoms with Gasteiger partial charge in [-0.3, -0.25) is 4.79 Å². The predicted molar refractivity (Wildman–Crippen MR) is 65.3 cm³/mol. The molecule has 0 fully saturated rings. The number of nitrogens with one attached hydrogen (secondary N) is 1. The zero-order valence-electron chi connectivity index (χ0n) is 9.01. The van der Waals surface area contributed by atoms with E-state index in [1.165, 1.54) is 13.3 Å². The van der Waals surface area contributed by atoms with Gasteiger partial charge in [0.2, 0.25) is 0 Å². The minimum Gasteiger partial charge on any atom is -0.496 e. The standard InChI is InChI=1S/C10H10N4O2S/c1-16-8-4-6(11)2-3-7(8)10(15)13-9-5-12-14-17-9/h2-5H,11H2,1H3,(H,13,15). The minimum absolute atomic E-state index is 0.284. The fourth-order valence-electron chi connectivity index (χ4n) is 1.30. The summed E-state index contributed by atoms with van der Waals surface area (Å²) in [6, 6.07) is 4.85. The third kappa shape index (κ3) is 2.51. The molecule has 0 aliphatic heterocycles. The second-order valence-electron chi connectivity index (χ2n) is 3.20. The molecule has 2 rings (SSSR count). The molecule has 0 aliphatic rings. The highest BCUT2D eigenvalue weighted by atomic mass is 32.1. The van der Waals surface area contributed by atoms with Gasteiger partial charge in [0, 0.05) is 23.3 Å². The number of hydrogen-bond acceptors (Lipinski definition) is 6. The zero-order valence-corrected chi connectivity index (χ0v) is 9.82. The molecule has 1 heterocycles. The van der Waals surface area contributed by atoms with Crippen molar-refractivity contribution in [1.29, 1.82) is 0 Å². The molecule has 1 aromatic heterocycles. The second-order valence-corrected chi connectivity index (χ2v) is 3.98. The molecule has 1 amide bonds. The van der Waals surface area contributed by atoms with Crippen LogP contribution in [0.2, 0.25) is 0 Å². The Hall–Kier alpha value is -2.15. The Labute approximate surface area is 102 Å². The predicted octanol–water partition coefficient (Wildman–Crippen LogP) is 1.38. The van der Waals surface area contributed by atoms with Crippen LogP contribution in [-0.4, -0.2) is 22.6 Å². The van der Waals surface area contributed by atoms with Gasteiger partial charge in [0.1, 0.15) is 10.8 Å². The quantitative estimate of drug-likeness (QED) is 0.803. The van der Waals surface area contributed by atoms with Crippen molar-refractivity contribution in [3.63, 3.8) is 0 Å². The van der Waals surface area contributed by atoms with Gasteiger partial charge in [-0.25, -0.2) is 0 Å². The van der Waals surface area contributed by atoms with E-state index in [2.05, 4.69) is 14.9 Å². The summed E-state index contributed by atoms with van der Waals surface area (Å²) in [5.74, 6) is 0.146. The number of benzene rings is 1. The van der Waals surface area contributed by atoms with Crippen molar-refractivity contribution in [2.24, 2.45) is 0 Å². The van der Waals surface area contributed by atoms with Crippen molar-refractivity contribution in [2.75, 3.05) is 18.2 Å². The molecule has 2 aromatic rings. The monoisotopic (exact) mass is 250 g/mol. The van der Waals surface area contributed by atoms with Crippen molar-refractivity contribution in [3.8, 4) is 5.75 Å². The lowest BCUT2D eigenvalue weighted by Gasteiger charge is -2.08. The highest BCUT2D eigenvalue weighted by molar-refractivity contribution is 7.10. The molecule has 0 unspecified atom stereocenters. The largest absolute Gasteiger partial charge is 0.496 e. The summed E-state index contributed by atoms with van der Waals surface area (Å²) < 4.78 is 8.75. The van der Waals surface area contributed by atoms with E-state index in [4.69, 9.17) is 10.5 Å². The lowest BCUT2D eigenvalue weighted by atomic mass is 10.1. The molecule has 0 saturated heterocycles. The summed E-state index contributed by atoms with van der Waals surface area (Å²) in [7, 11) is 1.49. The van der Waals surface area contributed by atoms with E-state index in [0.717, 1.165) is 11.5 Å². The third-order valence-corrected chi connectivity index (χ3v) is 2.65. The number of anilines is 2. The lowest BCUT2D eigenvalue weighted by molar-refractivity contribution is 0.102. The van der Waals surface area contributed by atoms with E-state index in [1.54, 1.807) is 18.2 Å². The number of carbonyl (C=O) groups excluding carboxylic acids is 1. The zero-order chi connectivity index (χ0) is 12.3. The molecule has 17 heavy (non-hydrogen) atoms. The highest BCUT2D eigenvalue weighted by Crippen LogP contribution is 2.23. The number of amides is 1. The van der Waals surface area contributed by atoms with Crippen LogP contribution in [0.4, 0.5) is 10.7 Å². The number of hydrogen-bond donors (Lipinski definition) is 2. The molecule has 0 atom stereocenters. The van der Waals surface area contributed by atoms with Crippen LogP contribution in [0.25, 0.3) is 0 Å². The number of nitrogens with two attached hydrogens (primary N) is 1. The van der Waals surface area contributed by atoms with Crippen LogP contribution in [0, 0.1) is 0 Å². The number of rotatable bonds is 3. The van der Waals surface area contributed by atoms with Crippen LogP contribution in [0.5, 0.6) is 5.75 Å². The molecule has 0 aliphatic carbocycles. The van der Waals surface area contributed by atoms with Crippen molar-refractivity contribution in [3.05, 3.63) is 30.0 Å². The molecule has 0 spiro atoms. The molecular formula is C10H10N4O2S. The summed E-state index contributed by atoms with van der Waals surface area (Å²) >= 11 is 1.10. The fraction of sp³-hybridized carbons (Fsp3) is 0.100. The Morgan fingerprint density at radius 3 is 3.00 bits per heavy atom. The molecule has 7 heteroatoms. The maximum Gasteiger partial charge on any atom is 0.260 e. The van der Waals surface area contributed by atoms with Gasteiger partial charge in [0.25, 0.3) is 5.91 Å². The number of aromatic nitrogens is 2. The van der Waals surface area contributed by atoms with Crippen molar-refractivity contribution >= 4 is 28.1 Å². The van der Waals surface area contributed by atoms with Crippen molar-refractivity contribution in [2.45, 2.75) is 0 Å². The van der Waals surface area contributed by atoms with Crippen LogP contribution < -0.4 is 15.8 Å². The first-order valence-corrected chi connectivity index (χ1v) is 5.50. The van der Waals surface area contributed by atoms with Crippen molar-refractivity contribution < 1.29 is 9.53 Å². The molecule has 0 saturated carbocycles. The Kier molecular flexibility index (Phi) is 3.20. The average molecular weight is 250 g/mol. The molecular weight excluding hydrogens is 240 g/mol. The molecule has 0 radical (unpaired) electrons. The van der Waals surface area contributed by atoms with Gasteiger partial charge in [0.05, 0.1) is 18.9 Å². The van der Waals surface area contributed by atoms with Crippen LogP contribution in [0.3, 0.4) is 0 Å². The second kappa shape index (κ2) is 4.79. The van der Waals surface area contributed by atoms with Crippen LogP contribution in [0.15, 0.2) is 24.4 Å². The first-order chi connectivity index (χ1) is 8.20. The maximum absolute atomic E-state index is 11.9. The highest BCUT2D eigenvalue weighted by Gasteiger charge is 2.13. The van der Waals surface area contributed by atoms with Gasteiger partial charge in [-0.2, -0.15) is 0 Å². The Bertz CT molecular complexity index is 527. The van der Waals surface area contributed by atoms with Crippen LogP contribution in [-0.2, 0) is 0 Å². The van der Waals surface area contributed by atoms with Crippen LogP contribution in [0.1, 0.15) is 10.4 Å². The smallest absolute Gasteiger partial charge is 0.260 e. The molecule has 3 N–H and O–H groups in total. The average Bonchev–Trinajstić information content (AvgIpc) is 2.81. The van der Waals surface area contributed by atoms with Gasteiger partial charge in [0.15, 0.2) is 0 Å². The Balaban J connectivity index is 2.24. The molecule has 6 nitrogen and oxygen atoms in total. The first kappa shape index (κ1) is 11.3. The number of nitrogens with zero attached hydrogens (tertiary/aromatic N) is 2. The van der Waals surface area contributed by atoms with Crippen molar-refractivity contribution in [1.82, 2.24) is 9.59 Å². The molecule has 1 aromatic carbocycles. The Morgan fingerprint density at radius 2 is 2.35 bits per heavy atom. The van der Waals surface area contributed by atoms with E-state index in [0.29, 0.717) is 22.0 Å². The van der Waals surface area contributed by atoms with Gasteiger partial charge in [-0.1, -0.05) is 4.49 Å². The van der Waals surface area contributed by atoms with E-state index >= 15 is 0 Å². The van der Waals surface area contributed by atoms with E-state index in [1.807, 2.05) is 0 Å². The summed E-state index contributed by atoms with van der Waals surface area (Å²) in [6.07, 6.45) is 1.48. The minimum atomic E-state index is -0.284. The number of nitrogen functional groups attached to an aromatic ring is 1. The fourth-order valence-corrected chi connectivity index (χ4v) is 1.71. The number of ether oxygens (including phenoxy) is 1. The topological polar surface area (TPSA) is 90.1 Å². The number of methoxy groups -OCH3 is 1. The van der Waals surface area contributed by atoms with Gasteiger partial charge in [-0.15, -0.1) is 5.10 Å². The number of carbonyl (C=O) groups is 1. The van der Waals surface area contributed by atoms with Crippen LogP contribution >= 0.6 is 11.5 Å². The summed E-state index contributed by atoms with van der Waals surface area (Å²) in [6.45, 7) is 0. The Morgan fingerprint density at radius 1 is 1.53 bits per heavy atom. The molecule has 88 valence electrons. The summed E-state index contributed by atoms with van der Waals surface area (Å²) in [4.78, 5) is 11.9. The van der Waals surface area contributed by atoms with E-state index in [9.17, 15) is 4.79 Å². The van der Waals surface area contributed by atoms with Gasteiger partial charge < -0.3 is 15.8 Å². The van der Waals surface area contributed by atoms with Gasteiger partial charge >= 0.3 is 0 Å². The normalized spacial score (nSPS) is 9.94. The first-order valence-electron chi connectivity index (χ1n) is 4.73. The van der Waals surface area contributed by atoms with E-state index in [-0.39, 0.29) is 5.91 Å². The summed E-state index contributed by atoms with van der Waals surface area (Å²) in [5.41, 5.74) is 6.56. The lowest BCUT2D eigenvalue weighted by Crippen LogP contribution is -2.12. The van der Waals surface area contributed by atoms with E-state index < -0.39 is 0 Å². The maximum atomic E-state index is 11.9. The summed E-state index contributed by atoms with van der Waals surface area (Å²) in [5, 5.41) is 6.87. The molecule has 0 bridgehead atoms. The third-order valence-electron chi connectivity index (χ3n) is 2.07. The SMILES string of the molecule is COc1cc(N)ccc1C(=O)Nc1cnns1.